The lowest BCUT2D eigenvalue weighted by molar-refractivity contribution is -0.136. The number of amides is 4. The topological polar surface area (TPSA) is 118 Å². The third kappa shape index (κ3) is 7.89. The van der Waals surface area contributed by atoms with E-state index in [0.717, 1.165) is 103 Å². The van der Waals surface area contributed by atoms with Crippen LogP contribution in [-0.4, -0.2) is 77.8 Å². The van der Waals surface area contributed by atoms with E-state index in [1.165, 1.54) is 0 Å². The number of thiophene rings is 1. The maximum Gasteiger partial charge on any atom is 0.262 e. The molecule has 6 aromatic rings. The largest absolute Gasteiger partial charge is 0.490 e. The standard InChI is InChI=1S/C48H41BrN4O7S/c49-31-8-6-30(7-9-31)45-44(39-17-15-36(27-42(39)61-45)58-28-29-4-2-1-3-5-29)60-35-13-11-34(12-14-35)59-37-24-33(25-37)52-22-20-51(21-23-52)32-10-16-38-40(26-32)48(57)53(47(38)56)41-18-19-43(54)50-46(41)55/h1-17,26-27,33,37,41H,18-25,28H2,(H,50,54,55). The lowest BCUT2D eigenvalue weighted by Gasteiger charge is -2.46. The van der Waals surface area contributed by atoms with Gasteiger partial charge in [0, 0.05) is 71.7 Å². The second kappa shape index (κ2) is 16.4. The number of carbonyl (C=O) groups excluding carboxylic acids is 4. The second-order valence-corrected chi connectivity index (χ2v) is 17.8. The third-order valence-electron chi connectivity index (χ3n) is 12.0. The lowest BCUT2D eigenvalue weighted by Crippen LogP contribution is -2.56. The van der Waals surface area contributed by atoms with E-state index in [-0.39, 0.29) is 18.9 Å². The van der Waals surface area contributed by atoms with Crippen molar-refractivity contribution in [2.45, 2.75) is 50.5 Å². The van der Waals surface area contributed by atoms with Crippen LogP contribution in [0.3, 0.4) is 0 Å². The number of halogens is 1. The number of anilines is 1. The molecule has 4 heterocycles. The van der Waals surface area contributed by atoms with Gasteiger partial charge in [0.1, 0.15) is 36.0 Å². The first-order valence-electron chi connectivity index (χ1n) is 20.5. The highest BCUT2D eigenvalue weighted by atomic mass is 79.9. The van der Waals surface area contributed by atoms with Crippen LogP contribution in [0.25, 0.3) is 20.5 Å². The van der Waals surface area contributed by atoms with Crippen LogP contribution in [0.5, 0.6) is 23.0 Å². The summed E-state index contributed by atoms with van der Waals surface area (Å²) >= 11 is 5.25. The lowest BCUT2D eigenvalue weighted by atomic mass is 9.87. The van der Waals surface area contributed by atoms with Crippen molar-refractivity contribution in [1.29, 1.82) is 0 Å². The van der Waals surface area contributed by atoms with Gasteiger partial charge in [-0.2, -0.15) is 0 Å². The van der Waals surface area contributed by atoms with Crippen LogP contribution in [-0.2, 0) is 16.2 Å². The van der Waals surface area contributed by atoms with Gasteiger partial charge in [-0.1, -0.05) is 58.4 Å². The van der Waals surface area contributed by atoms with Gasteiger partial charge in [0.15, 0.2) is 5.75 Å². The van der Waals surface area contributed by atoms with Crippen molar-refractivity contribution in [3.63, 3.8) is 0 Å². The van der Waals surface area contributed by atoms with Crippen LogP contribution in [0.1, 0.15) is 52.0 Å². The minimum atomic E-state index is -0.975. The van der Waals surface area contributed by atoms with E-state index >= 15 is 0 Å². The van der Waals surface area contributed by atoms with Gasteiger partial charge in [0.2, 0.25) is 11.8 Å². The van der Waals surface area contributed by atoms with Gasteiger partial charge >= 0.3 is 0 Å². The monoisotopic (exact) mass is 896 g/mol. The molecule has 1 unspecified atom stereocenters. The summed E-state index contributed by atoms with van der Waals surface area (Å²) in [5.74, 6) is 1.18. The number of piperidine rings is 1. The first kappa shape index (κ1) is 39.1. The Balaban J connectivity index is 0.739. The van der Waals surface area contributed by atoms with Crippen molar-refractivity contribution in [2.75, 3.05) is 31.1 Å². The molecule has 4 aliphatic rings. The van der Waals surface area contributed by atoms with Gasteiger partial charge in [0.25, 0.3) is 11.8 Å². The number of rotatable bonds is 11. The number of ether oxygens (including phenoxy) is 3. The minimum Gasteiger partial charge on any atom is -0.490 e. The van der Waals surface area contributed by atoms with Gasteiger partial charge in [-0.05, 0) is 90.3 Å². The van der Waals surface area contributed by atoms with Gasteiger partial charge in [-0.15, -0.1) is 11.3 Å². The summed E-state index contributed by atoms with van der Waals surface area (Å²) in [6.45, 7) is 3.81. The Hall–Kier alpha value is -6.02. The molecule has 0 radical (unpaired) electrons. The smallest absolute Gasteiger partial charge is 0.262 e. The summed E-state index contributed by atoms with van der Waals surface area (Å²) in [6.07, 6.45) is 2.24. The summed E-state index contributed by atoms with van der Waals surface area (Å²) in [5, 5.41) is 3.27. The maximum absolute atomic E-state index is 13.4. The molecular formula is C48H41BrN4O7S. The molecule has 2 saturated heterocycles. The molecule has 0 spiro atoms. The number of imide groups is 2. The van der Waals surface area contributed by atoms with Crippen LogP contribution in [0, 0.1) is 0 Å². The molecule has 10 rings (SSSR count). The highest BCUT2D eigenvalue weighted by molar-refractivity contribution is 9.10. The Kier molecular flexibility index (Phi) is 10.6. The molecule has 1 N–H and O–H groups in total. The first-order valence-corrected chi connectivity index (χ1v) is 22.1. The molecule has 3 fully saturated rings. The quantitative estimate of drug-likeness (QED) is 0.127. The molecule has 61 heavy (non-hydrogen) atoms. The third-order valence-corrected chi connectivity index (χ3v) is 13.7. The summed E-state index contributed by atoms with van der Waals surface area (Å²) in [5.41, 5.74) is 3.66. The normalized spacial score (nSPS) is 20.4. The van der Waals surface area contributed by atoms with E-state index in [0.29, 0.717) is 23.8 Å². The average molecular weight is 898 g/mol. The van der Waals surface area contributed by atoms with E-state index in [9.17, 15) is 19.2 Å². The van der Waals surface area contributed by atoms with Gasteiger partial charge in [0.05, 0.1) is 16.0 Å². The fourth-order valence-corrected chi connectivity index (χ4v) is 10.0. The summed E-state index contributed by atoms with van der Waals surface area (Å²) < 4.78 is 21.3. The molecule has 13 heteroatoms. The molecule has 5 aromatic carbocycles. The van der Waals surface area contributed by atoms with Crippen LogP contribution in [0.4, 0.5) is 5.69 Å². The Morgan fingerprint density at radius 1 is 0.738 bits per heavy atom. The number of piperazine rings is 1. The number of benzene rings is 5. The van der Waals surface area contributed by atoms with Gasteiger partial charge < -0.3 is 19.1 Å². The van der Waals surface area contributed by atoms with Crippen molar-refractivity contribution in [1.82, 2.24) is 15.1 Å². The van der Waals surface area contributed by atoms with Gasteiger partial charge in [-0.3, -0.25) is 34.3 Å². The van der Waals surface area contributed by atoms with E-state index in [4.69, 9.17) is 14.2 Å². The zero-order valence-electron chi connectivity index (χ0n) is 33.1. The van der Waals surface area contributed by atoms with Gasteiger partial charge in [-0.25, -0.2) is 0 Å². The van der Waals surface area contributed by atoms with Crippen molar-refractivity contribution >= 4 is 66.7 Å². The molecule has 4 amide bonds. The van der Waals surface area contributed by atoms with E-state index in [1.807, 2.05) is 66.7 Å². The molecule has 3 aliphatic heterocycles. The predicted molar refractivity (Wildman–Crippen MR) is 237 cm³/mol. The first-order chi connectivity index (χ1) is 29.7. The van der Waals surface area contributed by atoms with E-state index < -0.39 is 29.7 Å². The summed E-state index contributed by atoms with van der Waals surface area (Å²) in [7, 11) is 0. The molecule has 1 saturated carbocycles. The van der Waals surface area contributed by atoms with Crippen molar-refractivity contribution in [2.24, 2.45) is 0 Å². The number of nitrogens with zero attached hydrogens (tertiary/aromatic N) is 3. The van der Waals surface area contributed by atoms with Crippen LogP contribution in [0.15, 0.2) is 120 Å². The van der Waals surface area contributed by atoms with E-state index in [1.54, 1.807) is 23.5 Å². The van der Waals surface area contributed by atoms with Crippen LogP contribution in [0.2, 0.25) is 0 Å². The Labute approximate surface area is 364 Å². The van der Waals surface area contributed by atoms with Crippen molar-refractivity contribution in [3.05, 3.63) is 136 Å². The maximum atomic E-state index is 13.4. The highest BCUT2D eigenvalue weighted by Gasteiger charge is 2.45. The van der Waals surface area contributed by atoms with Crippen molar-refractivity contribution < 1.29 is 33.4 Å². The average Bonchev–Trinajstić information content (AvgIpc) is 3.74. The van der Waals surface area contributed by atoms with Crippen molar-refractivity contribution in [3.8, 4) is 33.4 Å². The number of fused-ring (bicyclic) bond motifs is 2. The molecule has 0 bridgehead atoms. The fourth-order valence-electron chi connectivity index (χ4n) is 8.61. The molecule has 308 valence electrons. The number of hydrogen-bond donors (Lipinski definition) is 1. The minimum absolute atomic E-state index is 0.0915. The SMILES string of the molecule is O=C1CCC(N2C(=O)c3ccc(N4CCN(C5CC(Oc6ccc(Oc7c(-c8ccc(Br)cc8)sc8cc(OCc9ccccc9)ccc78)cc6)C5)CC4)cc3C2=O)C(=O)N1. The molecule has 1 aromatic heterocycles. The molecule has 11 nitrogen and oxygen atoms in total. The number of carbonyl (C=O) groups is 4. The Bertz CT molecular complexity index is 2660. The van der Waals surface area contributed by atoms with Crippen LogP contribution >= 0.6 is 27.3 Å². The molecular weight excluding hydrogens is 857 g/mol. The number of nitrogens with one attached hydrogen (secondary N) is 1. The fraction of sp³-hybridized carbons (Fsp3) is 0.250. The summed E-state index contributed by atoms with van der Waals surface area (Å²) in [6, 6.07) is 37.3. The highest BCUT2D eigenvalue weighted by Crippen LogP contribution is 2.48. The Morgan fingerprint density at radius 3 is 2.21 bits per heavy atom. The number of hydrogen-bond acceptors (Lipinski definition) is 10. The van der Waals surface area contributed by atoms with E-state index in [2.05, 4.69) is 67.4 Å². The predicted octanol–water partition coefficient (Wildman–Crippen LogP) is 8.84. The molecule has 1 aliphatic carbocycles. The second-order valence-electron chi connectivity index (χ2n) is 15.8. The van der Waals surface area contributed by atoms with Crippen LogP contribution < -0.4 is 24.4 Å². The Morgan fingerprint density at radius 2 is 1.46 bits per heavy atom. The zero-order valence-corrected chi connectivity index (χ0v) is 35.5. The summed E-state index contributed by atoms with van der Waals surface area (Å²) in [4.78, 5) is 57.4. The molecule has 1 atom stereocenters. The zero-order chi connectivity index (χ0) is 41.6.